The Bertz CT molecular complexity index is 1240. The summed E-state index contributed by atoms with van der Waals surface area (Å²) >= 11 is 0. The van der Waals surface area contributed by atoms with Crippen LogP contribution in [0.2, 0.25) is 0 Å². The molecule has 0 fully saturated rings. The Kier molecular flexibility index (Phi) is 5.29. The number of hydrazone groups is 1. The van der Waals surface area contributed by atoms with Gasteiger partial charge in [-0.1, -0.05) is 30.3 Å². The van der Waals surface area contributed by atoms with Gasteiger partial charge in [0.25, 0.3) is 5.91 Å². The molecule has 158 valence electrons. The number of fused-ring (bicyclic) bond motifs is 1. The predicted octanol–water partition coefficient (Wildman–Crippen LogP) is 3.30. The van der Waals surface area contributed by atoms with Crippen molar-refractivity contribution in [1.82, 2.24) is 10.9 Å². The standard InChI is InChI=1S/C23H22N4O4/c1-13-8-9-14(2)18(12-13)27-20(28)11-10-17(26-27)22(29)24-25-23(30)21-15(3)16-6-4-5-7-19(16)31-21/h4-9,12H,10-11H2,1-3H3,(H,24,29)(H,25,30). The minimum Gasteiger partial charge on any atom is -0.451 e. The molecule has 1 aliphatic heterocycles. The van der Waals surface area contributed by atoms with Gasteiger partial charge in [-0.3, -0.25) is 25.2 Å². The average molecular weight is 418 g/mol. The van der Waals surface area contributed by atoms with Gasteiger partial charge in [-0.2, -0.15) is 5.10 Å². The third-order valence-electron chi connectivity index (χ3n) is 5.23. The Balaban J connectivity index is 1.50. The van der Waals surface area contributed by atoms with Crippen molar-refractivity contribution < 1.29 is 18.8 Å². The van der Waals surface area contributed by atoms with E-state index in [0.717, 1.165) is 16.5 Å². The summed E-state index contributed by atoms with van der Waals surface area (Å²) in [5.41, 5.74) is 8.66. The van der Waals surface area contributed by atoms with Crippen LogP contribution in [0.25, 0.3) is 11.0 Å². The molecule has 0 saturated heterocycles. The molecule has 0 atom stereocenters. The van der Waals surface area contributed by atoms with Crippen LogP contribution in [0.4, 0.5) is 5.69 Å². The highest BCUT2D eigenvalue weighted by Crippen LogP contribution is 2.26. The fourth-order valence-electron chi connectivity index (χ4n) is 3.49. The summed E-state index contributed by atoms with van der Waals surface area (Å²) in [5.74, 6) is -1.21. The lowest BCUT2D eigenvalue weighted by atomic mass is 10.1. The highest BCUT2D eigenvalue weighted by Gasteiger charge is 2.27. The summed E-state index contributed by atoms with van der Waals surface area (Å²) in [5, 5.41) is 6.34. The first kappa shape index (κ1) is 20.3. The number of aryl methyl sites for hydroxylation is 3. The average Bonchev–Trinajstić information content (AvgIpc) is 3.11. The SMILES string of the molecule is Cc1ccc(C)c(N2N=C(C(=O)NNC(=O)c3oc4ccccc4c3C)CCC2=O)c1. The fourth-order valence-corrected chi connectivity index (χ4v) is 3.49. The zero-order chi connectivity index (χ0) is 22.1. The zero-order valence-electron chi connectivity index (χ0n) is 17.5. The number of nitrogens with zero attached hydrogens (tertiary/aromatic N) is 2. The van der Waals surface area contributed by atoms with Crippen LogP contribution in [0.5, 0.6) is 0 Å². The normalized spacial score (nSPS) is 13.8. The van der Waals surface area contributed by atoms with E-state index in [1.807, 2.05) is 50.2 Å². The van der Waals surface area contributed by atoms with E-state index in [0.29, 0.717) is 16.8 Å². The van der Waals surface area contributed by atoms with Crippen molar-refractivity contribution in [3.63, 3.8) is 0 Å². The largest absolute Gasteiger partial charge is 0.451 e. The van der Waals surface area contributed by atoms with Crippen molar-refractivity contribution in [3.8, 4) is 0 Å². The van der Waals surface area contributed by atoms with Crippen LogP contribution < -0.4 is 15.9 Å². The van der Waals surface area contributed by atoms with Gasteiger partial charge in [-0.15, -0.1) is 0 Å². The summed E-state index contributed by atoms with van der Waals surface area (Å²) in [6, 6.07) is 13.0. The van der Waals surface area contributed by atoms with E-state index in [1.165, 1.54) is 5.01 Å². The van der Waals surface area contributed by atoms with Crippen LogP contribution in [0.15, 0.2) is 52.0 Å². The minimum atomic E-state index is -0.579. The van der Waals surface area contributed by atoms with E-state index in [9.17, 15) is 14.4 Å². The molecule has 3 aromatic rings. The quantitative estimate of drug-likeness (QED) is 0.637. The summed E-state index contributed by atoms with van der Waals surface area (Å²) < 4.78 is 5.61. The predicted molar refractivity (Wildman–Crippen MR) is 117 cm³/mol. The monoisotopic (exact) mass is 418 g/mol. The molecule has 4 rings (SSSR count). The topological polar surface area (TPSA) is 104 Å². The van der Waals surface area contributed by atoms with E-state index < -0.39 is 11.8 Å². The summed E-state index contributed by atoms with van der Waals surface area (Å²) in [6.45, 7) is 5.58. The number of para-hydroxylation sites is 1. The maximum Gasteiger partial charge on any atom is 0.305 e. The van der Waals surface area contributed by atoms with Crippen molar-refractivity contribution in [2.45, 2.75) is 33.6 Å². The lowest BCUT2D eigenvalue weighted by Crippen LogP contribution is -2.47. The maximum absolute atomic E-state index is 12.6. The first-order chi connectivity index (χ1) is 14.8. The minimum absolute atomic E-state index is 0.124. The Morgan fingerprint density at radius 3 is 2.52 bits per heavy atom. The Hall–Kier alpha value is -3.94. The molecule has 0 spiro atoms. The number of carbonyl (C=O) groups excluding carboxylic acids is 3. The fraction of sp³-hybridized carbons (Fsp3) is 0.217. The van der Waals surface area contributed by atoms with Crippen molar-refractivity contribution in [2.24, 2.45) is 5.10 Å². The second kappa shape index (κ2) is 8.06. The maximum atomic E-state index is 12.6. The van der Waals surface area contributed by atoms with Crippen LogP contribution in [-0.4, -0.2) is 23.4 Å². The zero-order valence-corrected chi connectivity index (χ0v) is 17.5. The van der Waals surface area contributed by atoms with E-state index >= 15 is 0 Å². The third-order valence-corrected chi connectivity index (χ3v) is 5.23. The molecule has 0 radical (unpaired) electrons. The molecule has 2 heterocycles. The van der Waals surface area contributed by atoms with E-state index in [4.69, 9.17) is 4.42 Å². The molecule has 8 heteroatoms. The highest BCUT2D eigenvalue weighted by atomic mass is 16.3. The van der Waals surface area contributed by atoms with Gasteiger partial charge in [0.1, 0.15) is 11.3 Å². The summed E-state index contributed by atoms with van der Waals surface area (Å²) in [4.78, 5) is 37.5. The molecule has 2 aromatic carbocycles. The van der Waals surface area contributed by atoms with Crippen LogP contribution in [0.3, 0.4) is 0 Å². The van der Waals surface area contributed by atoms with Gasteiger partial charge in [0.2, 0.25) is 5.91 Å². The Morgan fingerprint density at radius 2 is 1.74 bits per heavy atom. The molecule has 0 aliphatic carbocycles. The second-order valence-electron chi connectivity index (χ2n) is 7.50. The number of furan rings is 1. The number of carbonyl (C=O) groups is 3. The number of benzene rings is 2. The van der Waals surface area contributed by atoms with Crippen LogP contribution in [-0.2, 0) is 9.59 Å². The van der Waals surface area contributed by atoms with E-state index in [1.54, 1.807) is 13.0 Å². The molecule has 0 unspecified atom stereocenters. The van der Waals surface area contributed by atoms with Crippen molar-refractivity contribution in [1.29, 1.82) is 0 Å². The lowest BCUT2D eigenvalue weighted by molar-refractivity contribution is -0.119. The Morgan fingerprint density at radius 1 is 1.00 bits per heavy atom. The number of anilines is 1. The number of nitrogens with one attached hydrogen (secondary N) is 2. The number of rotatable bonds is 3. The number of hydrogen-bond donors (Lipinski definition) is 2. The van der Waals surface area contributed by atoms with Crippen LogP contribution in [0, 0.1) is 20.8 Å². The van der Waals surface area contributed by atoms with Crippen LogP contribution >= 0.6 is 0 Å². The van der Waals surface area contributed by atoms with Gasteiger partial charge in [-0.05, 0) is 44.0 Å². The van der Waals surface area contributed by atoms with Gasteiger partial charge in [0.05, 0.1) is 5.69 Å². The van der Waals surface area contributed by atoms with Gasteiger partial charge in [0.15, 0.2) is 5.76 Å². The molecule has 0 saturated carbocycles. The molecule has 1 aliphatic rings. The first-order valence-electron chi connectivity index (χ1n) is 9.91. The number of hydrazine groups is 1. The van der Waals surface area contributed by atoms with Gasteiger partial charge >= 0.3 is 5.91 Å². The molecule has 3 amide bonds. The van der Waals surface area contributed by atoms with Crippen LogP contribution in [0.1, 0.15) is 40.1 Å². The number of amides is 3. The molecule has 2 N–H and O–H groups in total. The molecule has 31 heavy (non-hydrogen) atoms. The van der Waals surface area contributed by atoms with E-state index in [-0.39, 0.29) is 30.2 Å². The number of hydrogen-bond acceptors (Lipinski definition) is 5. The van der Waals surface area contributed by atoms with E-state index in [2.05, 4.69) is 16.0 Å². The molecule has 1 aromatic heterocycles. The van der Waals surface area contributed by atoms with Gasteiger partial charge < -0.3 is 4.42 Å². The molecular formula is C23H22N4O4. The van der Waals surface area contributed by atoms with Gasteiger partial charge in [-0.25, -0.2) is 5.01 Å². The summed E-state index contributed by atoms with van der Waals surface area (Å²) in [6.07, 6.45) is 0.335. The molecular weight excluding hydrogens is 396 g/mol. The van der Waals surface area contributed by atoms with Crippen molar-refractivity contribution >= 4 is 40.1 Å². The second-order valence-corrected chi connectivity index (χ2v) is 7.50. The smallest absolute Gasteiger partial charge is 0.305 e. The molecule has 0 bridgehead atoms. The van der Waals surface area contributed by atoms with Gasteiger partial charge in [0, 0.05) is 23.8 Å². The molecule has 8 nitrogen and oxygen atoms in total. The summed E-state index contributed by atoms with van der Waals surface area (Å²) in [7, 11) is 0. The highest BCUT2D eigenvalue weighted by molar-refractivity contribution is 6.40. The first-order valence-corrected chi connectivity index (χ1v) is 9.91. The van der Waals surface area contributed by atoms with Crippen molar-refractivity contribution in [3.05, 3.63) is 64.9 Å². The third kappa shape index (κ3) is 3.92. The van der Waals surface area contributed by atoms with Crippen molar-refractivity contribution in [2.75, 3.05) is 5.01 Å². The Labute approximate surface area is 178 Å². The lowest BCUT2D eigenvalue weighted by Gasteiger charge is -2.24.